The molecule has 0 saturated heterocycles. The van der Waals surface area contributed by atoms with Crippen LogP contribution in [-0.4, -0.2) is 12.5 Å². The molecule has 128 valence electrons. The van der Waals surface area contributed by atoms with Crippen LogP contribution in [-0.2, 0) is 11.3 Å². The first-order chi connectivity index (χ1) is 12.2. The molecule has 0 saturated carbocycles. The van der Waals surface area contributed by atoms with Crippen LogP contribution in [0.5, 0.6) is 0 Å². The van der Waals surface area contributed by atoms with Gasteiger partial charge < -0.3 is 15.1 Å². The van der Waals surface area contributed by atoms with Crippen LogP contribution in [0.2, 0.25) is 0 Å². The van der Waals surface area contributed by atoms with E-state index in [4.69, 9.17) is 4.42 Å². The molecule has 0 spiro atoms. The van der Waals surface area contributed by atoms with Gasteiger partial charge >= 0.3 is 0 Å². The summed E-state index contributed by atoms with van der Waals surface area (Å²) < 4.78 is 19.1. The first-order valence-electron chi connectivity index (χ1n) is 8.16. The van der Waals surface area contributed by atoms with Crippen LogP contribution in [0.25, 0.3) is 0 Å². The van der Waals surface area contributed by atoms with Gasteiger partial charge in [-0.05, 0) is 18.2 Å². The largest absolute Gasteiger partial charge is 0.463 e. The lowest BCUT2D eigenvalue weighted by Crippen LogP contribution is -2.87. The number of hydrogen-bond acceptors (Lipinski definition) is 2. The van der Waals surface area contributed by atoms with Crippen molar-refractivity contribution in [3.8, 4) is 0 Å². The van der Waals surface area contributed by atoms with Crippen molar-refractivity contribution in [1.82, 2.24) is 5.32 Å². The van der Waals surface area contributed by atoms with E-state index in [1.165, 1.54) is 6.07 Å². The van der Waals surface area contributed by atoms with Crippen molar-refractivity contribution in [2.45, 2.75) is 12.6 Å². The SMILES string of the molecule is O=C(C[NH2+][C@@H](c1ccccc1)c1ccco1)NCc1ccccc1F. The second kappa shape index (κ2) is 8.26. The predicted molar refractivity (Wildman–Crippen MR) is 92.0 cm³/mol. The van der Waals surface area contributed by atoms with E-state index >= 15 is 0 Å². The number of furan rings is 1. The number of amides is 1. The van der Waals surface area contributed by atoms with E-state index in [1.54, 1.807) is 24.5 Å². The fourth-order valence-corrected chi connectivity index (χ4v) is 2.68. The smallest absolute Gasteiger partial charge is 0.275 e. The maximum absolute atomic E-state index is 13.6. The Hall–Kier alpha value is -2.92. The molecule has 1 amide bonds. The number of halogens is 1. The molecule has 0 aliphatic carbocycles. The number of benzene rings is 2. The van der Waals surface area contributed by atoms with Gasteiger partial charge in [-0.2, -0.15) is 0 Å². The summed E-state index contributed by atoms with van der Waals surface area (Å²) in [5, 5.41) is 4.66. The molecular formula is C20H20FN2O2+. The maximum atomic E-state index is 13.6. The van der Waals surface area contributed by atoms with Gasteiger partial charge in [0.1, 0.15) is 5.82 Å². The molecule has 2 aromatic carbocycles. The zero-order valence-electron chi connectivity index (χ0n) is 13.7. The molecule has 3 aromatic rings. The maximum Gasteiger partial charge on any atom is 0.275 e. The molecule has 0 fully saturated rings. The monoisotopic (exact) mass is 339 g/mol. The van der Waals surface area contributed by atoms with Gasteiger partial charge in [0, 0.05) is 17.7 Å². The molecule has 5 heteroatoms. The lowest BCUT2D eigenvalue weighted by atomic mass is 10.0. The summed E-state index contributed by atoms with van der Waals surface area (Å²) >= 11 is 0. The highest BCUT2D eigenvalue weighted by Gasteiger charge is 2.21. The zero-order valence-corrected chi connectivity index (χ0v) is 13.7. The minimum absolute atomic E-state index is 0.101. The molecule has 1 heterocycles. The van der Waals surface area contributed by atoms with Crippen LogP contribution in [0.4, 0.5) is 4.39 Å². The van der Waals surface area contributed by atoms with Gasteiger partial charge in [-0.3, -0.25) is 4.79 Å². The van der Waals surface area contributed by atoms with E-state index in [9.17, 15) is 9.18 Å². The van der Waals surface area contributed by atoms with Gasteiger partial charge in [0.15, 0.2) is 18.3 Å². The molecule has 0 bridgehead atoms. The van der Waals surface area contributed by atoms with Crippen molar-refractivity contribution < 1.29 is 18.9 Å². The molecule has 0 aliphatic rings. The van der Waals surface area contributed by atoms with Gasteiger partial charge in [-0.15, -0.1) is 0 Å². The molecular weight excluding hydrogens is 319 g/mol. The van der Waals surface area contributed by atoms with Crippen LogP contribution >= 0.6 is 0 Å². The Balaban J connectivity index is 1.60. The second-order valence-electron chi connectivity index (χ2n) is 5.71. The summed E-state index contributed by atoms with van der Waals surface area (Å²) in [5.74, 6) is 0.313. The average Bonchev–Trinajstić information content (AvgIpc) is 3.16. The number of nitrogens with two attached hydrogens (primary N) is 1. The summed E-state index contributed by atoms with van der Waals surface area (Å²) in [4.78, 5) is 12.1. The second-order valence-corrected chi connectivity index (χ2v) is 5.71. The Morgan fingerprint density at radius 3 is 2.52 bits per heavy atom. The average molecular weight is 339 g/mol. The van der Waals surface area contributed by atoms with Crippen molar-refractivity contribution in [2.24, 2.45) is 0 Å². The van der Waals surface area contributed by atoms with E-state index in [1.807, 2.05) is 47.8 Å². The fourth-order valence-electron chi connectivity index (χ4n) is 2.68. The quantitative estimate of drug-likeness (QED) is 0.694. The van der Waals surface area contributed by atoms with Gasteiger partial charge in [-0.1, -0.05) is 48.5 Å². The van der Waals surface area contributed by atoms with E-state index in [-0.39, 0.29) is 30.9 Å². The predicted octanol–water partition coefficient (Wildman–Crippen LogP) is 2.39. The summed E-state index contributed by atoms with van der Waals surface area (Å²) in [6.07, 6.45) is 1.62. The highest BCUT2D eigenvalue weighted by molar-refractivity contribution is 5.76. The highest BCUT2D eigenvalue weighted by Crippen LogP contribution is 2.18. The van der Waals surface area contributed by atoms with E-state index in [2.05, 4.69) is 5.32 Å². The third-order valence-corrected chi connectivity index (χ3v) is 3.98. The lowest BCUT2D eigenvalue weighted by molar-refractivity contribution is -0.678. The minimum Gasteiger partial charge on any atom is -0.463 e. The van der Waals surface area contributed by atoms with E-state index in [0.29, 0.717) is 5.56 Å². The Morgan fingerprint density at radius 1 is 1.04 bits per heavy atom. The fraction of sp³-hybridized carbons (Fsp3) is 0.150. The normalized spacial score (nSPS) is 11.9. The first-order valence-corrected chi connectivity index (χ1v) is 8.16. The molecule has 0 radical (unpaired) electrons. The van der Waals surface area contributed by atoms with Crippen LogP contribution in [0, 0.1) is 5.82 Å². The Bertz CT molecular complexity index is 804. The van der Waals surface area contributed by atoms with Crippen molar-refractivity contribution in [3.05, 3.63) is 95.7 Å². The standard InChI is InChI=1S/C20H19FN2O2/c21-17-10-5-4-9-16(17)13-22-19(24)14-23-20(18-11-6-12-25-18)15-7-2-1-3-8-15/h1-12,20,23H,13-14H2,(H,22,24)/p+1/t20-/m0/s1. The molecule has 1 aromatic heterocycles. The number of hydrogen-bond donors (Lipinski definition) is 2. The Morgan fingerprint density at radius 2 is 1.80 bits per heavy atom. The van der Waals surface area contributed by atoms with Crippen molar-refractivity contribution >= 4 is 5.91 Å². The molecule has 0 unspecified atom stereocenters. The number of nitrogens with one attached hydrogen (secondary N) is 1. The molecule has 1 atom stereocenters. The van der Waals surface area contributed by atoms with Gasteiger partial charge in [0.05, 0.1) is 6.26 Å². The summed E-state index contributed by atoms with van der Waals surface area (Å²) in [7, 11) is 0. The van der Waals surface area contributed by atoms with Crippen LogP contribution in [0.3, 0.4) is 0 Å². The molecule has 25 heavy (non-hydrogen) atoms. The van der Waals surface area contributed by atoms with Crippen molar-refractivity contribution in [2.75, 3.05) is 6.54 Å². The number of rotatable bonds is 7. The highest BCUT2D eigenvalue weighted by atomic mass is 19.1. The topological polar surface area (TPSA) is 58.9 Å². The Labute approximate surface area is 145 Å². The summed E-state index contributed by atoms with van der Waals surface area (Å²) in [6.45, 7) is 0.394. The summed E-state index contributed by atoms with van der Waals surface area (Å²) in [5.41, 5.74) is 1.53. The third kappa shape index (κ3) is 4.55. The number of carbonyl (C=O) groups excluding carboxylic acids is 1. The number of quaternary nitrogens is 1. The van der Waals surface area contributed by atoms with Gasteiger partial charge in [0.25, 0.3) is 5.91 Å². The number of carbonyl (C=O) groups is 1. The van der Waals surface area contributed by atoms with Gasteiger partial charge in [0.2, 0.25) is 0 Å². The van der Waals surface area contributed by atoms with Crippen molar-refractivity contribution in [3.63, 3.8) is 0 Å². The molecule has 3 N–H and O–H groups in total. The Kier molecular flexibility index (Phi) is 5.59. The van der Waals surface area contributed by atoms with Crippen LogP contribution < -0.4 is 10.6 Å². The lowest BCUT2D eigenvalue weighted by Gasteiger charge is -2.14. The van der Waals surface area contributed by atoms with E-state index < -0.39 is 0 Å². The van der Waals surface area contributed by atoms with Crippen molar-refractivity contribution in [1.29, 1.82) is 0 Å². The summed E-state index contributed by atoms with van der Waals surface area (Å²) in [6, 6.07) is 19.9. The molecule has 0 aliphatic heterocycles. The van der Waals surface area contributed by atoms with E-state index in [0.717, 1.165) is 11.3 Å². The van der Waals surface area contributed by atoms with Crippen LogP contribution in [0.1, 0.15) is 22.9 Å². The zero-order chi connectivity index (χ0) is 17.5. The molecule has 4 nitrogen and oxygen atoms in total. The minimum atomic E-state index is -0.315. The molecule has 3 rings (SSSR count). The van der Waals surface area contributed by atoms with Gasteiger partial charge in [-0.25, -0.2) is 4.39 Å². The third-order valence-electron chi connectivity index (χ3n) is 3.98. The van der Waals surface area contributed by atoms with Crippen LogP contribution in [0.15, 0.2) is 77.4 Å². The first kappa shape index (κ1) is 16.9.